The Labute approximate surface area is 64.3 Å². The van der Waals surface area contributed by atoms with Crippen LogP contribution in [0.15, 0.2) is 0 Å². The summed E-state index contributed by atoms with van der Waals surface area (Å²) in [4.78, 5) is 12.2. The smallest absolute Gasteiger partial charge is 0.411 e. The molecule has 0 aliphatic carbocycles. The molecule has 1 aliphatic rings. The van der Waals surface area contributed by atoms with Gasteiger partial charge < -0.3 is 10.5 Å². The number of cyclic esters (lactones) is 1. The standard InChI is InChI=1S/C6H9N3O2/c7-1-2-9-4-5(3-8)11-6(9)10/h5H,2-4,8H2. The van der Waals surface area contributed by atoms with Crippen LogP contribution < -0.4 is 5.73 Å². The van der Waals surface area contributed by atoms with Crippen LogP contribution in [0.3, 0.4) is 0 Å². The van der Waals surface area contributed by atoms with Gasteiger partial charge in [0.2, 0.25) is 0 Å². The summed E-state index contributed by atoms with van der Waals surface area (Å²) in [6.07, 6.45) is -0.683. The van der Waals surface area contributed by atoms with Crippen LogP contribution in [0.2, 0.25) is 0 Å². The first kappa shape index (κ1) is 7.82. The van der Waals surface area contributed by atoms with Crippen LogP contribution in [0.25, 0.3) is 0 Å². The summed E-state index contributed by atoms with van der Waals surface area (Å²) in [5.74, 6) is 0. The molecule has 11 heavy (non-hydrogen) atoms. The molecule has 0 saturated carbocycles. The van der Waals surface area contributed by atoms with E-state index in [4.69, 9.17) is 15.7 Å². The molecule has 0 aromatic heterocycles. The van der Waals surface area contributed by atoms with Gasteiger partial charge in [0, 0.05) is 6.54 Å². The van der Waals surface area contributed by atoms with Gasteiger partial charge in [-0.3, -0.25) is 4.90 Å². The molecular formula is C6H9N3O2. The van der Waals surface area contributed by atoms with Gasteiger partial charge in [-0.2, -0.15) is 5.26 Å². The second-order valence-corrected chi connectivity index (χ2v) is 2.28. The highest BCUT2D eigenvalue weighted by Crippen LogP contribution is 2.08. The van der Waals surface area contributed by atoms with Crippen molar-refractivity contribution in [2.75, 3.05) is 19.6 Å². The second-order valence-electron chi connectivity index (χ2n) is 2.28. The molecule has 5 nitrogen and oxygen atoms in total. The Kier molecular flexibility index (Phi) is 2.28. The minimum Gasteiger partial charge on any atom is -0.443 e. The fraction of sp³-hybridized carbons (Fsp3) is 0.667. The molecule has 0 spiro atoms. The van der Waals surface area contributed by atoms with Gasteiger partial charge in [-0.15, -0.1) is 0 Å². The van der Waals surface area contributed by atoms with E-state index in [0.29, 0.717) is 13.1 Å². The molecule has 0 radical (unpaired) electrons. The minimum atomic E-state index is -0.443. The summed E-state index contributed by atoms with van der Waals surface area (Å²) in [6, 6.07) is 1.87. The van der Waals surface area contributed by atoms with Crippen molar-refractivity contribution in [2.45, 2.75) is 6.10 Å². The third-order valence-corrected chi connectivity index (χ3v) is 1.47. The first-order valence-corrected chi connectivity index (χ1v) is 3.30. The van der Waals surface area contributed by atoms with Gasteiger partial charge >= 0.3 is 6.09 Å². The van der Waals surface area contributed by atoms with E-state index in [0.717, 1.165) is 0 Å². The summed E-state index contributed by atoms with van der Waals surface area (Å²) < 4.78 is 4.79. The second kappa shape index (κ2) is 3.21. The van der Waals surface area contributed by atoms with Crippen LogP contribution in [-0.2, 0) is 4.74 Å². The van der Waals surface area contributed by atoms with Crippen molar-refractivity contribution in [2.24, 2.45) is 5.73 Å². The van der Waals surface area contributed by atoms with Gasteiger partial charge in [0.25, 0.3) is 0 Å². The minimum absolute atomic E-state index is 0.0787. The highest BCUT2D eigenvalue weighted by molar-refractivity contribution is 5.70. The van der Waals surface area contributed by atoms with Crippen LogP contribution in [0.1, 0.15) is 0 Å². The van der Waals surface area contributed by atoms with Gasteiger partial charge in [0.05, 0.1) is 12.6 Å². The molecule has 0 aromatic carbocycles. The maximum absolute atomic E-state index is 10.8. The molecule has 1 amide bonds. The third kappa shape index (κ3) is 1.59. The molecule has 1 aliphatic heterocycles. The number of carbonyl (C=O) groups is 1. The fourth-order valence-corrected chi connectivity index (χ4v) is 0.912. The Balaban J connectivity index is 2.46. The monoisotopic (exact) mass is 155 g/mol. The Morgan fingerprint density at radius 3 is 3.09 bits per heavy atom. The predicted molar refractivity (Wildman–Crippen MR) is 36.5 cm³/mol. The molecule has 1 rings (SSSR count). The van der Waals surface area contributed by atoms with Crippen molar-refractivity contribution in [1.82, 2.24) is 4.90 Å². The molecule has 1 unspecified atom stereocenters. The number of amides is 1. The highest BCUT2D eigenvalue weighted by atomic mass is 16.6. The summed E-state index contributed by atoms with van der Waals surface area (Å²) in [7, 11) is 0. The molecule has 5 heteroatoms. The normalized spacial score (nSPS) is 23.1. The summed E-state index contributed by atoms with van der Waals surface area (Å²) in [5.41, 5.74) is 5.27. The molecule has 1 heterocycles. The van der Waals surface area contributed by atoms with Crippen LogP contribution in [-0.4, -0.2) is 36.7 Å². The van der Waals surface area contributed by atoms with Crippen molar-refractivity contribution in [3.05, 3.63) is 0 Å². The van der Waals surface area contributed by atoms with E-state index >= 15 is 0 Å². The molecule has 1 saturated heterocycles. The van der Waals surface area contributed by atoms with Crippen LogP contribution in [0, 0.1) is 11.3 Å². The number of hydrogen-bond donors (Lipinski definition) is 1. The number of ether oxygens (including phenoxy) is 1. The van der Waals surface area contributed by atoms with E-state index in [2.05, 4.69) is 0 Å². The zero-order chi connectivity index (χ0) is 8.27. The van der Waals surface area contributed by atoms with Crippen molar-refractivity contribution in [3.8, 4) is 6.07 Å². The first-order chi connectivity index (χ1) is 5.27. The van der Waals surface area contributed by atoms with E-state index < -0.39 is 6.09 Å². The van der Waals surface area contributed by atoms with Crippen LogP contribution >= 0.6 is 0 Å². The lowest BCUT2D eigenvalue weighted by molar-refractivity contribution is 0.136. The Hall–Kier alpha value is -1.28. The lowest BCUT2D eigenvalue weighted by atomic mass is 10.3. The molecule has 60 valence electrons. The molecule has 1 atom stereocenters. The first-order valence-electron chi connectivity index (χ1n) is 3.30. The zero-order valence-electron chi connectivity index (χ0n) is 5.99. The van der Waals surface area contributed by atoms with Crippen molar-refractivity contribution in [3.63, 3.8) is 0 Å². The number of hydrogen-bond acceptors (Lipinski definition) is 4. The number of carbonyl (C=O) groups excluding carboxylic acids is 1. The van der Waals surface area contributed by atoms with Crippen molar-refractivity contribution in [1.29, 1.82) is 5.26 Å². The Bertz CT molecular complexity index is 198. The molecule has 0 bridgehead atoms. The van der Waals surface area contributed by atoms with E-state index in [1.165, 1.54) is 4.90 Å². The quantitative estimate of drug-likeness (QED) is 0.534. The number of rotatable bonds is 2. The maximum Gasteiger partial charge on any atom is 0.411 e. The van der Waals surface area contributed by atoms with Crippen LogP contribution in [0.5, 0.6) is 0 Å². The lowest BCUT2D eigenvalue weighted by Gasteiger charge is -2.05. The van der Waals surface area contributed by atoms with Gasteiger partial charge in [-0.05, 0) is 0 Å². The lowest BCUT2D eigenvalue weighted by Crippen LogP contribution is -2.27. The Morgan fingerprint density at radius 1 is 1.91 bits per heavy atom. The Morgan fingerprint density at radius 2 is 2.64 bits per heavy atom. The average Bonchev–Trinajstić information content (AvgIpc) is 2.33. The van der Waals surface area contributed by atoms with E-state index in [1.54, 1.807) is 0 Å². The van der Waals surface area contributed by atoms with E-state index in [1.807, 2.05) is 6.07 Å². The third-order valence-electron chi connectivity index (χ3n) is 1.47. The van der Waals surface area contributed by atoms with E-state index in [-0.39, 0.29) is 12.6 Å². The summed E-state index contributed by atoms with van der Waals surface area (Å²) in [5, 5.41) is 8.27. The molecule has 2 N–H and O–H groups in total. The van der Waals surface area contributed by atoms with E-state index in [9.17, 15) is 4.79 Å². The summed E-state index contributed by atoms with van der Waals surface area (Å²) >= 11 is 0. The molecule has 1 fully saturated rings. The van der Waals surface area contributed by atoms with Gasteiger partial charge in [0.1, 0.15) is 12.6 Å². The van der Waals surface area contributed by atoms with Gasteiger partial charge in [-0.25, -0.2) is 4.79 Å². The number of nitriles is 1. The SMILES string of the molecule is N#CCN1CC(CN)OC1=O. The number of nitrogens with two attached hydrogens (primary N) is 1. The predicted octanol–water partition coefficient (Wildman–Crippen LogP) is -0.711. The fourth-order valence-electron chi connectivity index (χ4n) is 0.912. The zero-order valence-corrected chi connectivity index (χ0v) is 5.99. The topological polar surface area (TPSA) is 79.3 Å². The largest absolute Gasteiger partial charge is 0.443 e. The maximum atomic E-state index is 10.8. The van der Waals surface area contributed by atoms with Crippen molar-refractivity contribution >= 4 is 6.09 Å². The highest BCUT2D eigenvalue weighted by Gasteiger charge is 2.29. The average molecular weight is 155 g/mol. The molecule has 0 aromatic rings. The molecular weight excluding hydrogens is 146 g/mol. The summed E-state index contributed by atoms with van der Waals surface area (Å²) in [6.45, 7) is 0.825. The van der Waals surface area contributed by atoms with Gasteiger partial charge in [-0.1, -0.05) is 0 Å². The van der Waals surface area contributed by atoms with Gasteiger partial charge in [0.15, 0.2) is 0 Å². The van der Waals surface area contributed by atoms with Crippen molar-refractivity contribution < 1.29 is 9.53 Å². The van der Waals surface area contributed by atoms with Crippen LogP contribution in [0.4, 0.5) is 4.79 Å². The number of nitrogens with zero attached hydrogens (tertiary/aromatic N) is 2.